The fourth-order valence-electron chi connectivity index (χ4n) is 2.28. The quantitative estimate of drug-likeness (QED) is 0.644. The molecular formula is C18H15N. The Morgan fingerprint density at radius 1 is 1.05 bits per heavy atom. The molecule has 1 nitrogen and oxygen atoms in total. The van der Waals surface area contributed by atoms with Crippen molar-refractivity contribution >= 4 is 6.08 Å². The molecule has 1 aromatic carbocycles. The van der Waals surface area contributed by atoms with E-state index in [-0.39, 0.29) is 0 Å². The Hall–Kier alpha value is -2.33. The second-order valence-corrected chi connectivity index (χ2v) is 4.79. The van der Waals surface area contributed by atoms with E-state index in [0.717, 1.165) is 29.7 Å². The van der Waals surface area contributed by atoms with Gasteiger partial charge < -0.3 is 0 Å². The first-order valence-electron chi connectivity index (χ1n) is 6.55. The fraction of sp³-hybridized carbons (Fsp3) is 0.167. The van der Waals surface area contributed by atoms with Crippen LogP contribution in [0.5, 0.6) is 0 Å². The van der Waals surface area contributed by atoms with Crippen LogP contribution in [0.1, 0.15) is 34.4 Å². The van der Waals surface area contributed by atoms with Gasteiger partial charge >= 0.3 is 0 Å². The molecule has 1 heterocycles. The van der Waals surface area contributed by atoms with Crippen molar-refractivity contribution in [2.45, 2.75) is 19.8 Å². The number of hydrogen-bond acceptors (Lipinski definition) is 1. The lowest BCUT2D eigenvalue weighted by Gasteiger charge is -2.09. The lowest BCUT2D eigenvalue weighted by atomic mass is 9.95. The van der Waals surface area contributed by atoms with Crippen molar-refractivity contribution < 1.29 is 0 Å². The molecule has 0 aliphatic heterocycles. The Bertz CT molecular complexity index is 699. The van der Waals surface area contributed by atoms with Crippen LogP contribution < -0.4 is 0 Å². The van der Waals surface area contributed by atoms with E-state index in [2.05, 4.69) is 47.2 Å². The molecule has 1 heteroatoms. The molecular weight excluding hydrogens is 230 g/mol. The summed E-state index contributed by atoms with van der Waals surface area (Å²) in [5.74, 6) is 6.44. The lowest BCUT2D eigenvalue weighted by Crippen LogP contribution is -1.94. The van der Waals surface area contributed by atoms with Crippen LogP contribution in [-0.4, -0.2) is 4.98 Å². The summed E-state index contributed by atoms with van der Waals surface area (Å²) < 4.78 is 0. The minimum absolute atomic E-state index is 1.00. The summed E-state index contributed by atoms with van der Waals surface area (Å²) in [6, 6.07) is 10.4. The van der Waals surface area contributed by atoms with Crippen LogP contribution in [0, 0.1) is 18.8 Å². The summed E-state index contributed by atoms with van der Waals surface area (Å²) >= 11 is 0. The van der Waals surface area contributed by atoms with Gasteiger partial charge in [0.15, 0.2) is 0 Å². The molecule has 1 aliphatic carbocycles. The Balaban J connectivity index is 1.90. The summed E-state index contributed by atoms with van der Waals surface area (Å²) in [5, 5.41) is 0. The third-order valence-electron chi connectivity index (χ3n) is 3.27. The lowest BCUT2D eigenvalue weighted by molar-refractivity contribution is 0.985. The van der Waals surface area contributed by atoms with Gasteiger partial charge in [-0.2, -0.15) is 0 Å². The van der Waals surface area contributed by atoms with E-state index in [1.807, 2.05) is 19.1 Å². The van der Waals surface area contributed by atoms with Crippen LogP contribution in [0.2, 0.25) is 0 Å². The van der Waals surface area contributed by atoms with Crippen LogP contribution >= 0.6 is 0 Å². The van der Waals surface area contributed by atoms with Crippen LogP contribution in [0.15, 0.2) is 42.6 Å². The molecule has 3 rings (SSSR count). The maximum absolute atomic E-state index is 4.18. The molecule has 0 amide bonds. The molecule has 1 aliphatic rings. The van der Waals surface area contributed by atoms with Crippen LogP contribution in [0.3, 0.4) is 0 Å². The zero-order valence-electron chi connectivity index (χ0n) is 11.0. The van der Waals surface area contributed by atoms with Crippen molar-refractivity contribution in [2.75, 3.05) is 0 Å². The number of benzene rings is 1. The van der Waals surface area contributed by atoms with Gasteiger partial charge in [-0.05, 0) is 55.2 Å². The third-order valence-corrected chi connectivity index (χ3v) is 3.27. The monoisotopic (exact) mass is 245 g/mol. The molecule has 0 spiro atoms. The highest BCUT2D eigenvalue weighted by atomic mass is 14.6. The number of aryl methyl sites for hydroxylation is 2. The third kappa shape index (κ3) is 2.74. The smallest absolute Gasteiger partial charge is 0.0385 e. The van der Waals surface area contributed by atoms with Gasteiger partial charge in [0.25, 0.3) is 0 Å². The average molecular weight is 245 g/mol. The van der Waals surface area contributed by atoms with E-state index in [0.29, 0.717) is 0 Å². The van der Waals surface area contributed by atoms with Gasteiger partial charge in [-0.25, -0.2) is 0 Å². The van der Waals surface area contributed by atoms with Gasteiger partial charge in [-0.3, -0.25) is 4.98 Å². The predicted octanol–water partition coefficient (Wildman–Crippen LogP) is 3.75. The molecule has 0 unspecified atom stereocenters. The van der Waals surface area contributed by atoms with Crippen molar-refractivity contribution in [3.05, 3.63) is 70.6 Å². The highest BCUT2D eigenvalue weighted by molar-refractivity contribution is 5.58. The average Bonchev–Trinajstić information content (AvgIpc) is 2.45. The minimum atomic E-state index is 1.00. The summed E-state index contributed by atoms with van der Waals surface area (Å²) in [6.07, 6.45) is 8.48. The fourth-order valence-corrected chi connectivity index (χ4v) is 2.28. The Morgan fingerprint density at radius 3 is 2.74 bits per heavy atom. The first-order chi connectivity index (χ1) is 9.31. The van der Waals surface area contributed by atoms with E-state index in [4.69, 9.17) is 0 Å². The van der Waals surface area contributed by atoms with Crippen LogP contribution in [-0.2, 0) is 6.42 Å². The summed E-state index contributed by atoms with van der Waals surface area (Å²) in [7, 11) is 0. The summed E-state index contributed by atoms with van der Waals surface area (Å²) in [5.41, 5.74) is 5.84. The number of rotatable bonds is 0. The molecule has 0 bridgehead atoms. The Kier molecular flexibility index (Phi) is 3.16. The summed E-state index contributed by atoms with van der Waals surface area (Å²) in [6.45, 7) is 1.98. The molecule has 19 heavy (non-hydrogen) atoms. The molecule has 0 N–H and O–H groups in total. The SMILES string of the molecule is Cc1cc(C#Cc2ccc3c(c2)CCC=C3)ccn1. The standard InChI is InChI=1S/C18H15N/c1-14-12-16(10-11-19-14)7-6-15-8-9-17-4-2-3-5-18(17)13-15/h2,4,8-13H,3,5H2,1H3. The van der Waals surface area contributed by atoms with Gasteiger partial charge in [0.2, 0.25) is 0 Å². The molecule has 92 valence electrons. The van der Waals surface area contributed by atoms with Crippen molar-refractivity contribution in [3.8, 4) is 11.8 Å². The van der Waals surface area contributed by atoms with Crippen LogP contribution in [0.25, 0.3) is 6.08 Å². The van der Waals surface area contributed by atoms with Gasteiger partial charge in [0.1, 0.15) is 0 Å². The van der Waals surface area contributed by atoms with Gasteiger partial charge in [-0.1, -0.05) is 30.1 Å². The Morgan fingerprint density at radius 2 is 1.89 bits per heavy atom. The second kappa shape index (κ2) is 5.12. The maximum atomic E-state index is 4.18. The molecule has 0 saturated carbocycles. The van der Waals surface area contributed by atoms with Crippen molar-refractivity contribution in [3.63, 3.8) is 0 Å². The Labute approximate surface area is 114 Å². The minimum Gasteiger partial charge on any atom is -0.262 e. The molecule has 0 fully saturated rings. The topological polar surface area (TPSA) is 12.9 Å². The van der Waals surface area contributed by atoms with Crippen molar-refractivity contribution in [1.29, 1.82) is 0 Å². The second-order valence-electron chi connectivity index (χ2n) is 4.79. The number of aromatic nitrogens is 1. The maximum Gasteiger partial charge on any atom is 0.0385 e. The molecule has 2 aromatic rings. The number of allylic oxidation sites excluding steroid dienone is 1. The highest BCUT2D eigenvalue weighted by Crippen LogP contribution is 2.20. The van der Waals surface area contributed by atoms with Gasteiger partial charge in [-0.15, -0.1) is 0 Å². The van der Waals surface area contributed by atoms with E-state index in [9.17, 15) is 0 Å². The van der Waals surface area contributed by atoms with E-state index in [1.54, 1.807) is 6.20 Å². The molecule has 0 atom stereocenters. The van der Waals surface area contributed by atoms with Gasteiger partial charge in [0.05, 0.1) is 0 Å². The first-order valence-corrected chi connectivity index (χ1v) is 6.55. The van der Waals surface area contributed by atoms with Crippen molar-refractivity contribution in [2.24, 2.45) is 0 Å². The van der Waals surface area contributed by atoms with Crippen LogP contribution in [0.4, 0.5) is 0 Å². The zero-order valence-corrected chi connectivity index (χ0v) is 11.0. The highest BCUT2D eigenvalue weighted by Gasteiger charge is 2.03. The number of pyridine rings is 1. The number of hydrogen-bond donors (Lipinski definition) is 0. The molecule has 1 aromatic heterocycles. The van der Waals surface area contributed by atoms with E-state index in [1.165, 1.54) is 11.1 Å². The van der Waals surface area contributed by atoms with E-state index < -0.39 is 0 Å². The van der Waals surface area contributed by atoms with Gasteiger partial charge in [0, 0.05) is 23.0 Å². The summed E-state index contributed by atoms with van der Waals surface area (Å²) in [4.78, 5) is 4.18. The predicted molar refractivity (Wildman–Crippen MR) is 78.8 cm³/mol. The molecule has 0 radical (unpaired) electrons. The first kappa shape index (κ1) is 11.7. The normalized spacial score (nSPS) is 12.5. The molecule has 0 saturated heterocycles. The number of nitrogens with zero attached hydrogens (tertiary/aromatic N) is 1. The van der Waals surface area contributed by atoms with Crippen molar-refractivity contribution in [1.82, 2.24) is 4.98 Å². The number of fused-ring (bicyclic) bond motifs is 1. The zero-order chi connectivity index (χ0) is 13.1. The largest absolute Gasteiger partial charge is 0.262 e. The van der Waals surface area contributed by atoms with E-state index >= 15 is 0 Å².